The predicted octanol–water partition coefficient (Wildman–Crippen LogP) is 4.34. The maximum Gasteiger partial charge on any atom is 0.273 e. The van der Waals surface area contributed by atoms with Crippen molar-refractivity contribution in [3.63, 3.8) is 0 Å². The first-order chi connectivity index (χ1) is 13.3. The van der Waals surface area contributed by atoms with Gasteiger partial charge in [-0.05, 0) is 55.9 Å². The fourth-order valence-corrected chi connectivity index (χ4v) is 4.30. The van der Waals surface area contributed by atoms with Crippen LogP contribution in [-0.2, 0) is 0 Å². The molecule has 0 bridgehead atoms. The molecule has 1 fully saturated rings. The van der Waals surface area contributed by atoms with Crippen LogP contribution in [0.4, 0.5) is 4.39 Å². The molecule has 2 amide bonds. The molecule has 7 heteroatoms. The Labute approximate surface area is 169 Å². The van der Waals surface area contributed by atoms with E-state index in [2.05, 4.69) is 24.1 Å². The monoisotopic (exact) mass is 403 g/mol. The van der Waals surface area contributed by atoms with Crippen LogP contribution in [-0.4, -0.2) is 34.8 Å². The van der Waals surface area contributed by atoms with Crippen LogP contribution < -0.4 is 5.32 Å². The van der Waals surface area contributed by atoms with Gasteiger partial charge in [0, 0.05) is 24.0 Å². The molecule has 1 aliphatic rings. The van der Waals surface area contributed by atoms with Crippen molar-refractivity contribution < 1.29 is 14.0 Å². The topological polar surface area (TPSA) is 62.3 Å². The molecule has 2 heterocycles. The van der Waals surface area contributed by atoms with Crippen LogP contribution in [0.25, 0.3) is 0 Å². The summed E-state index contributed by atoms with van der Waals surface area (Å²) in [5, 5.41) is 5.53. The third-order valence-corrected chi connectivity index (χ3v) is 5.84. The smallest absolute Gasteiger partial charge is 0.273 e. The number of nitrogens with zero attached hydrogens (tertiary/aromatic N) is 2. The van der Waals surface area contributed by atoms with Gasteiger partial charge in [0.1, 0.15) is 16.5 Å². The first kappa shape index (κ1) is 20.5. The van der Waals surface area contributed by atoms with Crippen molar-refractivity contribution in [2.75, 3.05) is 13.1 Å². The summed E-state index contributed by atoms with van der Waals surface area (Å²) >= 11 is 1.40. The third-order valence-electron chi connectivity index (χ3n) is 4.88. The largest absolute Gasteiger partial charge is 0.343 e. The molecule has 0 aliphatic carbocycles. The lowest BCUT2D eigenvalue weighted by Crippen LogP contribution is -2.30. The van der Waals surface area contributed by atoms with Crippen LogP contribution >= 0.6 is 11.3 Å². The van der Waals surface area contributed by atoms with Gasteiger partial charge >= 0.3 is 0 Å². The maximum absolute atomic E-state index is 13.3. The average Bonchev–Trinajstić information content (AvgIpc) is 3.32. The summed E-state index contributed by atoms with van der Waals surface area (Å²) in [5.74, 6) is -0.325. The van der Waals surface area contributed by atoms with E-state index in [-0.39, 0.29) is 23.7 Å². The minimum atomic E-state index is -0.363. The van der Waals surface area contributed by atoms with Crippen molar-refractivity contribution in [1.29, 1.82) is 0 Å². The maximum atomic E-state index is 13.3. The first-order valence-electron chi connectivity index (χ1n) is 9.67. The van der Waals surface area contributed by atoms with E-state index < -0.39 is 0 Å². The number of aromatic nitrogens is 1. The number of aryl methyl sites for hydroxylation is 1. The Kier molecular flexibility index (Phi) is 6.44. The van der Waals surface area contributed by atoms with Gasteiger partial charge in [-0.2, -0.15) is 0 Å². The van der Waals surface area contributed by atoms with Gasteiger partial charge in [-0.1, -0.05) is 13.8 Å². The highest BCUT2D eigenvalue weighted by atomic mass is 32.1. The van der Waals surface area contributed by atoms with Gasteiger partial charge in [0.05, 0.1) is 6.04 Å². The minimum Gasteiger partial charge on any atom is -0.343 e. The van der Waals surface area contributed by atoms with E-state index in [1.54, 1.807) is 12.3 Å². The molecule has 0 spiro atoms. The van der Waals surface area contributed by atoms with E-state index in [0.29, 0.717) is 29.2 Å². The first-order valence-corrected chi connectivity index (χ1v) is 10.5. The molecular weight excluding hydrogens is 377 g/mol. The van der Waals surface area contributed by atoms with Crippen molar-refractivity contribution in [3.8, 4) is 0 Å². The van der Waals surface area contributed by atoms with E-state index in [9.17, 15) is 14.0 Å². The second-order valence-corrected chi connectivity index (χ2v) is 8.57. The van der Waals surface area contributed by atoms with Crippen LogP contribution in [0.2, 0.25) is 0 Å². The van der Waals surface area contributed by atoms with E-state index in [4.69, 9.17) is 0 Å². The van der Waals surface area contributed by atoms with Gasteiger partial charge in [-0.25, -0.2) is 9.37 Å². The van der Waals surface area contributed by atoms with Gasteiger partial charge < -0.3 is 10.2 Å². The van der Waals surface area contributed by atoms with Crippen molar-refractivity contribution in [3.05, 3.63) is 51.2 Å². The summed E-state index contributed by atoms with van der Waals surface area (Å²) in [6.45, 7) is 7.42. The van der Waals surface area contributed by atoms with Crippen LogP contribution in [0.15, 0.2) is 23.6 Å². The lowest BCUT2D eigenvalue weighted by molar-refractivity contribution is 0.0787. The highest BCUT2D eigenvalue weighted by Gasteiger charge is 2.25. The number of carbonyl (C=O) groups is 2. The quantitative estimate of drug-likeness (QED) is 0.780. The standard InChI is InChI=1S/C21H26FN3O2S/c1-13(2)10-17(23-19(26)16-7-6-15(22)11-14(16)3)20-24-18(12-28-20)21(27)25-8-4-5-9-25/h6-7,11-13,17H,4-5,8-10H2,1-3H3,(H,23,26)/t17-/m0/s1. The Hall–Kier alpha value is -2.28. The highest BCUT2D eigenvalue weighted by molar-refractivity contribution is 7.09. The fourth-order valence-electron chi connectivity index (χ4n) is 3.44. The predicted molar refractivity (Wildman–Crippen MR) is 108 cm³/mol. The molecule has 1 aromatic carbocycles. The number of hydrogen-bond donors (Lipinski definition) is 1. The van der Waals surface area contributed by atoms with E-state index in [0.717, 1.165) is 30.9 Å². The van der Waals surface area contributed by atoms with Gasteiger partial charge in [-0.3, -0.25) is 9.59 Å². The van der Waals surface area contributed by atoms with Crippen molar-refractivity contribution in [1.82, 2.24) is 15.2 Å². The van der Waals surface area contributed by atoms with E-state index in [1.807, 2.05) is 4.90 Å². The Morgan fingerprint density at radius 3 is 2.64 bits per heavy atom. The van der Waals surface area contributed by atoms with E-state index >= 15 is 0 Å². The number of nitrogens with one attached hydrogen (secondary N) is 1. The summed E-state index contributed by atoms with van der Waals surface area (Å²) in [6.07, 6.45) is 2.77. The summed E-state index contributed by atoms with van der Waals surface area (Å²) in [4.78, 5) is 31.7. The Bertz CT molecular complexity index is 859. The average molecular weight is 404 g/mol. The molecule has 0 unspecified atom stereocenters. The van der Waals surface area contributed by atoms with Crippen LogP contribution in [0.5, 0.6) is 0 Å². The minimum absolute atomic E-state index is 0.0380. The van der Waals surface area contributed by atoms with Gasteiger partial charge in [0.15, 0.2) is 0 Å². The number of carbonyl (C=O) groups excluding carboxylic acids is 2. The number of rotatable bonds is 6. The number of benzene rings is 1. The summed E-state index contributed by atoms with van der Waals surface area (Å²) in [7, 11) is 0. The molecule has 5 nitrogen and oxygen atoms in total. The second kappa shape index (κ2) is 8.82. The van der Waals surface area contributed by atoms with E-state index in [1.165, 1.54) is 29.5 Å². The van der Waals surface area contributed by atoms with Gasteiger partial charge in [0.25, 0.3) is 11.8 Å². The number of halogens is 1. The molecular formula is C21H26FN3O2S. The number of amides is 2. The normalized spacial score (nSPS) is 15.1. The molecule has 1 saturated heterocycles. The zero-order valence-corrected chi connectivity index (χ0v) is 17.3. The summed E-state index contributed by atoms with van der Waals surface area (Å²) in [6, 6.07) is 3.84. The lowest BCUT2D eigenvalue weighted by Gasteiger charge is -2.19. The molecule has 28 heavy (non-hydrogen) atoms. The van der Waals surface area contributed by atoms with Crippen molar-refractivity contribution >= 4 is 23.2 Å². The van der Waals surface area contributed by atoms with Crippen molar-refractivity contribution in [2.24, 2.45) is 5.92 Å². The SMILES string of the molecule is Cc1cc(F)ccc1C(=O)N[C@@H](CC(C)C)c1nc(C(=O)N2CCCC2)cs1. The molecule has 1 atom stereocenters. The Morgan fingerprint density at radius 2 is 2.00 bits per heavy atom. The zero-order chi connectivity index (χ0) is 20.3. The Balaban J connectivity index is 1.78. The molecule has 2 aromatic rings. The zero-order valence-electron chi connectivity index (χ0n) is 16.5. The van der Waals surface area contributed by atoms with Gasteiger partial charge in [0.2, 0.25) is 0 Å². The second-order valence-electron chi connectivity index (χ2n) is 7.69. The van der Waals surface area contributed by atoms with Crippen LogP contribution in [0.3, 0.4) is 0 Å². The molecule has 1 aliphatic heterocycles. The molecule has 0 radical (unpaired) electrons. The summed E-state index contributed by atoms with van der Waals surface area (Å²) in [5.41, 5.74) is 1.48. The van der Waals surface area contributed by atoms with Crippen molar-refractivity contribution in [2.45, 2.75) is 46.1 Å². The Morgan fingerprint density at radius 1 is 1.29 bits per heavy atom. The number of thiazole rings is 1. The van der Waals surface area contributed by atoms with Crippen LogP contribution in [0, 0.1) is 18.7 Å². The summed E-state index contributed by atoms with van der Waals surface area (Å²) < 4.78 is 13.3. The molecule has 1 N–H and O–H groups in total. The van der Waals surface area contributed by atoms with Gasteiger partial charge in [-0.15, -0.1) is 11.3 Å². The highest BCUT2D eigenvalue weighted by Crippen LogP contribution is 2.26. The third kappa shape index (κ3) is 4.76. The molecule has 3 rings (SSSR count). The molecule has 1 aromatic heterocycles. The number of likely N-dealkylation sites (tertiary alicyclic amines) is 1. The molecule has 150 valence electrons. The molecule has 0 saturated carbocycles. The fraction of sp³-hybridized carbons (Fsp3) is 0.476. The van der Waals surface area contributed by atoms with Crippen LogP contribution in [0.1, 0.15) is 70.6 Å². The number of hydrogen-bond acceptors (Lipinski definition) is 4. The lowest BCUT2D eigenvalue weighted by atomic mass is 10.0.